The van der Waals surface area contributed by atoms with Gasteiger partial charge in [0.15, 0.2) is 8.32 Å². The molecule has 16 heavy (non-hydrogen) atoms. The molecule has 0 spiro atoms. The van der Waals surface area contributed by atoms with E-state index in [1.54, 1.807) is 0 Å². The highest BCUT2D eigenvalue weighted by molar-refractivity contribution is 6.74. The van der Waals surface area contributed by atoms with Crippen LogP contribution in [0.3, 0.4) is 0 Å². The lowest BCUT2D eigenvalue weighted by Crippen LogP contribution is -2.44. The number of rotatable bonds is 5. The maximum Gasteiger partial charge on any atom is 0.246 e. The molecule has 0 heterocycles. The zero-order valence-corrected chi connectivity index (χ0v) is 12.5. The summed E-state index contributed by atoms with van der Waals surface area (Å²) in [5.41, 5.74) is 2.30. The van der Waals surface area contributed by atoms with E-state index in [0.29, 0.717) is 6.42 Å². The molecule has 0 fully saturated rings. The standard InChI is InChI=1S/C11H25NO3Si/c1-9(8-10(13)12-14-5)15-16(6,7)11(2,3)4/h9H,8H2,1-7H3,(H,12,13)/t9-/m0/s1. The number of hydroxylamine groups is 1. The van der Waals surface area contributed by atoms with Gasteiger partial charge in [0.1, 0.15) is 0 Å². The van der Waals surface area contributed by atoms with Crippen molar-refractivity contribution < 1.29 is 14.1 Å². The number of nitrogens with one attached hydrogen (secondary N) is 1. The first-order chi connectivity index (χ1) is 7.10. The predicted octanol–water partition coefficient (Wildman–Crippen LogP) is 2.46. The van der Waals surface area contributed by atoms with Crippen molar-refractivity contribution >= 4 is 14.2 Å². The van der Waals surface area contributed by atoms with Gasteiger partial charge in [-0.15, -0.1) is 0 Å². The normalized spacial score (nSPS) is 14.7. The van der Waals surface area contributed by atoms with E-state index in [0.717, 1.165) is 0 Å². The molecule has 0 radical (unpaired) electrons. The molecule has 96 valence electrons. The van der Waals surface area contributed by atoms with Crippen LogP contribution in [-0.4, -0.2) is 27.4 Å². The van der Waals surface area contributed by atoms with Gasteiger partial charge in [0.2, 0.25) is 5.91 Å². The molecule has 4 nitrogen and oxygen atoms in total. The fourth-order valence-corrected chi connectivity index (χ4v) is 2.58. The monoisotopic (exact) mass is 247 g/mol. The molecule has 0 saturated carbocycles. The third kappa shape index (κ3) is 5.09. The average Bonchev–Trinajstić information content (AvgIpc) is 1.99. The van der Waals surface area contributed by atoms with Crippen LogP contribution in [0.5, 0.6) is 0 Å². The van der Waals surface area contributed by atoms with Gasteiger partial charge in [0.25, 0.3) is 0 Å². The maximum atomic E-state index is 11.3. The number of carbonyl (C=O) groups excluding carboxylic acids is 1. The van der Waals surface area contributed by atoms with E-state index < -0.39 is 8.32 Å². The Balaban J connectivity index is 4.24. The second-order valence-electron chi connectivity index (χ2n) is 5.62. The Kier molecular flexibility index (Phi) is 5.65. The quantitative estimate of drug-likeness (QED) is 0.599. The second-order valence-corrected chi connectivity index (χ2v) is 10.4. The molecule has 1 amide bonds. The van der Waals surface area contributed by atoms with Crippen LogP contribution in [0.2, 0.25) is 18.1 Å². The van der Waals surface area contributed by atoms with E-state index in [1.807, 2.05) is 6.92 Å². The van der Waals surface area contributed by atoms with Crippen molar-refractivity contribution in [2.45, 2.75) is 58.4 Å². The summed E-state index contributed by atoms with van der Waals surface area (Å²) in [6.45, 7) is 12.8. The van der Waals surface area contributed by atoms with Gasteiger partial charge in [-0.25, -0.2) is 5.48 Å². The highest BCUT2D eigenvalue weighted by atomic mass is 28.4. The Hall–Kier alpha value is -0.393. The van der Waals surface area contributed by atoms with Gasteiger partial charge < -0.3 is 4.43 Å². The zero-order chi connectivity index (χ0) is 13.0. The summed E-state index contributed by atoms with van der Waals surface area (Å²) in [4.78, 5) is 15.8. The smallest absolute Gasteiger partial charge is 0.246 e. The van der Waals surface area contributed by atoms with Crippen LogP contribution >= 0.6 is 0 Å². The Morgan fingerprint density at radius 1 is 1.38 bits per heavy atom. The van der Waals surface area contributed by atoms with E-state index in [9.17, 15) is 4.79 Å². The van der Waals surface area contributed by atoms with Crippen molar-refractivity contribution in [1.29, 1.82) is 0 Å². The minimum Gasteiger partial charge on any atom is -0.414 e. The lowest BCUT2D eigenvalue weighted by molar-refractivity contribution is -0.132. The predicted molar refractivity (Wildman–Crippen MR) is 67.5 cm³/mol. The van der Waals surface area contributed by atoms with E-state index >= 15 is 0 Å². The van der Waals surface area contributed by atoms with Gasteiger partial charge in [-0.1, -0.05) is 20.8 Å². The molecule has 0 aromatic heterocycles. The Labute approximate surface area is 99.8 Å². The molecule has 0 saturated heterocycles. The SMILES string of the molecule is CONC(=O)C[C@H](C)O[Si](C)(C)C(C)(C)C. The third-order valence-electron chi connectivity index (χ3n) is 2.99. The summed E-state index contributed by atoms with van der Waals surface area (Å²) < 4.78 is 6.04. The first-order valence-electron chi connectivity index (χ1n) is 5.60. The highest BCUT2D eigenvalue weighted by Crippen LogP contribution is 2.37. The fourth-order valence-electron chi connectivity index (χ4n) is 1.14. The van der Waals surface area contributed by atoms with Gasteiger partial charge in [-0.05, 0) is 25.1 Å². The van der Waals surface area contributed by atoms with Gasteiger partial charge in [-0.3, -0.25) is 9.63 Å². The van der Waals surface area contributed by atoms with E-state index in [1.165, 1.54) is 7.11 Å². The van der Waals surface area contributed by atoms with E-state index in [-0.39, 0.29) is 17.0 Å². The molecule has 0 bridgehead atoms. The first-order valence-corrected chi connectivity index (χ1v) is 8.50. The molecule has 0 aromatic carbocycles. The van der Waals surface area contributed by atoms with Gasteiger partial charge in [-0.2, -0.15) is 0 Å². The number of hydrogen-bond acceptors (Lipinski definition) is 3. The Bertz CT molecular complexity index is 236. The van der Waals surface area contributed by atoms with Crippen LogP contribution in [0, 0.1) is 0 Å². The van der Waals surface area contributed by atoms with Crippen LogP contribution in [-0.2, 0) is 14.1 Å². The zero-order valence-electron chi connectivity index (χ0n) is 11.5. The van der Waals surface area contributed by atoms with Gasteiger partial charge in [0.05, 0.1) is 19.6 Å². The van der Waals surface area contributed by atoms with Gasteiger partial charge in [0, 0.05) is 0 Å². The summed E-state index contributed by atoms with van der Waals surface area (Å²) in [7, 11) is -0.351. The molecule has 1 N–H and O–H groups in total. The lowest BCUT2D eigenvalue weighted by Gasteiger charge is -2.38. The number of hydrogen-bond donors (Lipinski definition) is 1. The molecule has 0 rings (SSSR count). The lowest BCUT2D eigenvalue weighted by atomic mass is 10.2. The molecule has 1 atom stereocenters. The molecular formula is C11H25NO3Si. The summed E-state index contributed by atoms with van der Waals surface area (Å²) in [5, 5.41) is 0.166. The molecular weight excluding hydrogens is 222 g/mol. The van der Waals surface area contributed by atoms with E-state index in [4.69, 9.17) is 4.43 Å². The number of carbonyl (C=O) groups is 1. The summed E-state index contributed by atoms with van der Waals surface area (Å²) in [6.07, 6.45) is 0.261. The fraction of sp³-hybridized carbons (Fsp3) is 0.909. The Morgan fingerprint density at radius 2 is 1.88 bits per heavy atom. The molecule has 0 aromatic rings. The highest BCUT2D eigenvalue weighted by Gasteiger charge is 2.38. The summed E-state index contributed by atoms with van der Waals surface area (Å²) in [5.74, 6) is -0.145. The average molecular weight is 247 g/mol. The largest absolute Gasteiger partial charge is 0.414 e. The van der Waals surface area contributed by atoms with Crippen molar-refractivity contribution in [2.75, 3.05) is 7.11 Å². The van der Waals surface area contributed by atoms with Crippen molar-refractivity contribution in [3.05, 3.63) is 0 Å². The van der Waals surface area contributed by atoms with Crippen LogP contribution in [0.1, 0.15) is 34.1 Å². The number of amides is 1. The van der Waals surface area contributed by atoms with Crippen molar-refractivity contribution in [1.82, 2.24) is 5.48 Å². The minimum atomic E-state index is -1.78. The van der Waals surface area contributed by atoms with Crippen LogP contribution < -0.4 is 5.48 Å². The molecule has 5 heteroatoms. The topological polar surface area (TPSA) is 47.6 Å². The van der Waals surface area contributed by atoms with Crippen LogP contribution in [0.15, 0.2) is 0 Å². The van der Waals surface area contributed by atoms with Crippen molar-refractivity contribution in [2.24, 2.45) is 0 Å². The van der Waals surface area contributed by atoms with E-state index in [2.05, 4.69) is 44.2 Å². The second kappa shape index (κ2) is 5.79. The summed E-state index contributed by atoms with van der Waals surface area (Å²) in [6, 6.07) is 0. The van der Waals surface area contributed by atoms with Crippen molar-refractivity contribution in [3.63, 3.8) is 0 Å². The molecule has 0 aliphatic heterocycles. The summed E-state index contributed by atoms with van der Waals surface area (Å²) >= 11 is 0. The van der Waals surface area contributed by atoms with Crippen molar-refractivity contribution in [3.8, 4) is 0 Å². The third-order valence-corrected chi connectivity index (χ3v) is 7.59. The van der Waals surface area contributed by atoms with Crippen LogP contribution in [0.4, 0.5) is 0 Å². The minimum absolute atomic E-state index is 0.0731. The maximum absolute atomic E-state index is 11.3. The molecule has 0 aliphatic carbocycles. The van der Waals surface area contributed by atoms with Crippen LogP contribution in [0.25, 0.3) is 0 Å². The first kappa shape index (κ1) is 15.6. The van der Waals surface area contributed by atoms with Gasteiger partial charge >= 0.3 is 0 Å². The Morgan fingerprint density at radius 3 is 2.25 bits per heavy atom. The molecule has 0 unspecified atom stereocenters. The molecule has 0 aliphatic rings.